The van der Waals surface area contributed by atoms with Gasteiger partial charge in [0.25, 0.3) is 0 Å². The highest BCUT2D eigenvalue weighted by Gasteiger charge is 2.34. The summed E-state index contributed by atoms with van der Waals surface area (Å²) < 4.78 is 18.1. The lowest BCUT2D eigenvalue weighted by molar-refractivity contribution is -0.142. The van der Waals surface area contributed by atoms with Crippen molar-refractivity contribution >= 4 is 22.8 Å². The molecule has 0 saturated heterocycles. The molecule has 0 fully saturated rings. The molecular formula is C33H41N5O5. The second-order valence-electron chi connectivity index (χ2n) is 10.9. The van der Waals surface area contributed by atoms with Crippen LogP contribution in [0, 0.1) is 0 Å². The van der Waals surface area contributed by atoms with Gasteiger partial charge in [-0.15, -0.1) is 5.10 Å². The number of carbonyl (C=O) groups is 2. The minimum absolute atomic E-state index is 0.0789. The number of para-hydroxylation sites is 1. The Labute approximate surface area is 252 Å². The minimum atomic E-state index is -0.899. The van der Waals surface area contributed by atoms with Crippen LogP contribution < -0.4 is 19.5 Å². The Bertz CT molecular complexity index is 1530. The van der Waals surface area contributed by atoms with Gasteiger partial charge in [0.2, 0.25) is 11.8 Å². The molecule has 2 amide bonds. The van der Waals surface area contributed by atoms with Crippen LogP contribution in [0.25, 0.3) is 11.0 Å². The van der Waals surface area contributed by atoms with Gasteiger partial charge in [-0.1, -0.05) is 42.5 Å². The van der Waals surface area contributed by atoms with E-state index in [9.17, 15) is 9.59 Å². The summed E-state index contributed by atoms with van der Waals surface area (Å²) in [6.45, 7) is 8.58. The van der Waals surface area contributed by atoms with Crippen molar-refractivity contribution in [3.8, 4) is 17.2 Å². The number of ether oxygens (including phenoxy) is 3. The van der Waals surface area contributed by atoms with Crippen molar-refractivity contribution in [2.45, 2.75) is 58.7 Å². The maximum atomic E-state index is 14.2. The van der Waals surface area contributed by atoms with Crippen molar-refractivity contribution in [3.05, 3.63) is 77.9 Å². The number of amides is 2. The van der Waals surface area contributed by atoms with Crippen LogP contribution in [0.15, 0.2) is 66.7 Å². The molecule has 1 heterocycles. The van der Waals surface area contributed by atoms with Gasteiger partial charge < -0.3 is 24.4 Å². The molecule has 1 atom stereocenters. The van der Waals surface area contributed by atoms with E-state index in [-0.39, 0.29) is 24.9 Å². The fourth-order valence-corrected chi connectivity index (χ4v) is 4.81. The van der Waals surface area contributed by atoms with Crippen LogP contribution in [0.4, 0.5) is 0 Å². The van der Waals surface area contributed by atoms with Crippen LogP contribution in [0.5, 0.6) is 17.2 Å². The molecule has 0 aliphatic rings. The summed E-state index contributed by atoms with van der Waals surface area (Å²) in [5.74, 6) is 1.37. The van der Waals surface area contributed by atoms with Crippen LogP contribution in [0.2, 0.25) is 0 Å². The molecule has 0 unspecified atom stereocenters. The summed E-state index contributed by atoms with van der Waals surface area (Å²) in [5, 5.41) is 11.6. The molecule has 1 aromatic heterocycles. The average molecular weight is 588 g/mol. The van der Waals surface area contributed by atoms with Gasteiger partial charge in [0.1, 0.15) is 23.9 Å². The first kappa shape index (κ1) is 31.3. The smallest absolute Gasteiger partial charge is 0.247 e. The number of rotatable bonds is 14. The lowest BCUT2D eigenvalue weighted by atomic mass is 9.98. The first-order valence-electron chi connectivity index (χ1n) is 14.5. The number of fused-ring (bicyclic) bond motifs is 1. The molecule has 0 saturated carbocycles. The molecule has 0 radical (unpaired) electrons. The van der Waals surface area contributed by atoms with Gasteiger partial charge in [-0.05, 0) is 81.1 Å². The highest BCUT2D eigenvalue weighted by molar-refractivity contribution is 5.89. The maximum absolute atomic E-state index is 14.2. The van der Waals surface area contributed by atoms with Crippen molar-refractivity contribution in [2.75, 3.05) is 27.4 Å². The van der Waals surface area contributed by atoms with Gasteiger partial charge >= 0.3 is 0 Å². The summed E-state index contributed by atoms with van der Waals surface area (Å²) in [6.07, 6.45) is 1.20. The molecule has 10 heteroatoms. The Morgan fingerprint density at radius 1 is 0.977 bits per heavy atom. The van der Waals surface area contributed by atoms with Gasteiger partial charge in [-0.3, -0.25) is 9.59 Å². The minimum Gasteiger partial charge on any atom is -0.494 e. The standard InChI is InChI=1S/C33H41N5O5/c1-7-33(3,4)34-32(40)31(24-14-16-25(17-15-24)43-8-2)37(20-19-23-13-18-28(41-5)29(21-23)42-6)30(39)22-38-27-12-10-9-11-26(27)35-36-38/h9-18,21,31H,7-8,19-20,22H2,1-6H3,(H,34,40)/t31-/m0/s1. The molecule has 4 aromatic rings. The number of aromatic nitrogens is 3. The highest BCUT2D eigenvalue weighted by atomic mass is 16.5. The first-order chi connectivity index (χ1) is 20.7. The van der Waals surface area contributed by atoms with Gasteiger partial charge in [0, 0.05) is 12.1 Å². The molecule has 1 N–H and O–H groups in total. The van der Waals surface area contributed by atoms with Crippen molar-refractivity contribution in [1.29, 1.82) is 0 Å². The van der Waals surface area contributed by atoms with E-state index in [1.807, 2.05) is 94.4 Å². The molecule has 0 aliphatic heterocycles. The second-order valence-corrected chi connectivity index (χ2v) is 10.9. The number of benzene rings is 3. The predicted octanol–water partition coefficient (Wildman–Crippen LogP) is 4.96. The van der Waals surface area contributed by atoms with Crippen molar-refractivity contribution in [1.82, 2.24) is 25.2 Å². The largest absolute Gasteiger partial charge is 0.494 e. The molecule has 3 aromatic carbocycles. The topological polar surface area (TPSA) is 108 Å². The number of nitrogens with one attached hydrogen (secondary N) is 1. The first-order valence-corrected chi connectivity index (χ1v) is 14.5. The van der Waals surface area contributed by atoms with Crippen LogP contribution in [0.3, 0.4) is 0 Å². The van der Waals surface area contributed by atoms with Crippen molar-refractivity contribution in [3.63, 3.8) is 0 Å². The Balaban J connectivity index is 1.74. The van der Waals surface area contributed by atoms with Crippen LogP contribution in [-0.2, 0) is 22.6 Å². The third-order valence-corrected chi connectivity index (χ3v) is 7.53. The molecule has 0 bridgehead atoms. The lowest BCUT2D eigenvalue weighted by Crippen LogP contribution is -2.51. The third-order valence-electron chi connectivity index (χ3n) is 7.53. The molecule has 0 aliphatic carbocycles. The van der Waals surface area contributed by atoms with Crippen LogP contribution >= 0.6 is 0 Å². The molecular weight excluding hydrogens is 546 g/mol. The fourth-order valence-electron chi connectivity index (χ4n) is 4.81. The predicted molar refractivity (Wildman–Crippen MR) is 165 cm³/mol. The summed E-state index contributed by atoms with van der Waals surface area (Å²) in [5.41, 5.74) is 2.57. The van der Waals surface area contributed by atoms with E-state index in [1.54, 1.807) is 23.8 Å². The summed E-state index contributed by atoms with van der Waals surface area (Å²) >= 11 is 0. The van der Waals surface area contributed by atoms with E-state index in [4.69, 9.17) is 14.2 Å². The van der Waals surface area contributed by atoms with E-state index in [2.05, 4.69) is 15.6 Å². The molecule has 4 rings (SSSR count). The number of nitrogens with zero attached hydrogens (tertiary/aromatic N) is 4. The van der Waals surface area contributed by atoms with Crippen molar-refractivity contribution in [2.24, 2.45) is 0 Å². The van der Waals surface area contributed by atoms with Crippen molar-refractivity contribution < 1.29 is 23.8 Å². The number of hydrogen-bond donors (Lipinski definition) is 1. The number of hydrogen-bond acceptors (Lipinski definition) is 7. The normalized spacial score (nSPS) is 12.0. The Morgan fingerprint density at radius 3 is 2.37 bits per heavy atom. The summed E-state index contributed by atoms with van der Waals surface area (Å²) in [4.78, 5) is 29.9. The maximum Gasteiger partial charge on any atom is 0.247 e. The Kier molecular flexibility index (Phi) is 10.2. The summed E-state index contributed by atoms with van der Waals surface area (Å²) in [6, 6.07) is 19.6. The highest BCUT2D eigenvalue weighted by Crippen LogP contribution is 2.30. The summed E-state index contributed by atoms with van der Waals surface area (Å²) in [7, 11) is 3.17. The average Bonchev–Trinajstić information content (AvgIpc) is 3.42. The van der Waals surface area contributed by atoms with E-state index in [0.29, 0.717) is 41.4 Å². The third kappa shape index (κ3) is 7.63. The van der Waals surface area contributed by atoms with E-state index in [0.717, 1.165) is 17.5 Å². The zero-order valence-electron chi connectivity index (χ0n) is 25.8. The zero-order chi connectivity index (χ0) is 31.0. The number of methoxy groups -OCH3 is 2. The van der Waals surface area contributed by atoms with Crippen LogP contribution in [-0.4, -0.2) is 64.6 Å². The van der Waals surface area contributed by atoms with E-state index in [1.165, 1.54) is 0 Å². The van der Waals surface area contributed by atoms with Gasteiger partial charge in [0.15, 0.2) is 11.5 Å². The monoisotopic (exact) mass is 587 g/mol. The Hall–Kier alpha value is -4.60. The molecule has 43 heavy (non-hydrogen) atoms. The SMILES string of the molecule is CCOc1ccc([C@@H](C(=O)NC(C)(C)CC)N(CCc2ccc(OC)c(OC)c2)C(=O)Cn2nnc3ccccc32)cc1. The van der Waals surface area contributed by atoms with Gasteiger partial charge in [-0.25, -0.2) is 4.68 Å². The number of carbonyl (C=O) groups excluding carboxylic acids is 2. The molecule has 10 nitrogen and oxygen atoms in total. The lowest BCUT2D eigenvalue weighted by Gasteiger charge is -2.34. The zero-order valence-corrected chi connectivity index (χ0v) is 25.8. The quantitative estimate of drug-likeness (QED) is 0.222. The second kappa shape index (κ2) is 14.0. The van der Waals surface area contributed by atoms with E-state index < -0.39 is 11.6 Å². The van der Waals surface area contributed by atoms with E-state index >= 15 is 0 Å². The fraction of sp³-hybridized carbons (Fsp3) is 0.394. The van der Waals surface area contributed by atoms with Crippen LogP contribution in [0.1, 0.15) is 51.3 Å². The van der Waals surface area contributed by atoms with Gasteiger partial charge in [-0.2, -0.15) is 0 Å². The van der Waals surface area contributed by atoms with Gasteiger partial charge in [0.05, 0.1) is 26.3 Å². The molecule has 0 spiro atoms. The Morgan fingerprint density at radius 2 is 1.70 bits per heavy atom. The molecule has 228 valence electrons.